The van der Waals surface area contributed by atoms with E-state index < -0.39 is 10.8 Å². The summed E-state index contributed by atoms with van der Waals surface area (Å²) in [5.41, 5.74) is 0. The van der Waals surface area contributed by atoms with Gasteiger partial charge in [0.25, 0.3) is 0 Å². The number of rotatable bonds is 1. The highest BCUT2D eigenvalue weighted by molar-refractivity contribution is 7.85. The summed E-state index contributed by atoms with van der Waals surface area (Å²) in [6.45, 7) is 3.06. The normalized spacial score (nSPS) is 39.3. The fourth-order valence-corrected chi connectivity index (χ4v) is 3.95. The lowest BCUT2D eigenvalue weighted by atomic mass is 9.98. The van der Waals surface area contributed by atoms with Crippen molar-refractivity contribution in [1.29, 1.82) is 0 Å². The molecule has 0 saturated carbocycles. The smallest absolute Gasteiger partial charge is 0.135 e. The first-order chi connectivity index (χ1) is 7.16. The first-order valence-corrected chi connectivity index (χ1v) is 7.28. The maximum absolute atomic E-state index is 11.3. The van der Waals surface area contributed by atoms with Crippen LogP contribution in [0.4, 0.5) is 0 Å². The number of carbonyl (C=O) groups is 1. The van der Waals surface area contributed by atoms with Gasteiger partial charge in [-0.2, -0.15) is 0 Å². The molecule has 3 nitrogen and oxygen atoms in total. The van der Waals surface area contributed by atoms with Gasteiger partial charge in [-0.05, 0) is 19.8 Å². The molecular weight excluding hydrogens is 210 g/mol. The number of piperidine rings is 1. The first-order valence-electron chi connectivity index (χ1n) is 5.79. The monoisotopic (exact) mass is 229 g/mol. The molecule has 0 N–H and O–H groups in total. The molecule has 2 fully saturated rings. The van der Waals surface area contributed by atoms with E-state index in [9.17, 15) is 9.00 Å². The lowest BCUT2D eigenvalue weighted by Gasteiger charge is -2.40. The van der Waals surface area contributed by atoms with Gasteiger partial charge in [0, 0.05) is 53.8 Å². The van der Waals surface area contributed by atoms with Crippen LogP contribution in [0.3, 0.4) is 0 Å². The van der Waals surface area contributed by atoms with Crippen LogP contribution in [0.1, 0.15) is 32.6 Å². The fourth-order valence-electron chi connectivity index (χ4n) is 2.68. The lowest BCUT2D eigenvalue weighted by molar-refractivity contribution is -0.123. The van der Waals surface area contributed by atoms with Crippen LogP contribution in [0.2, 0.25) is 0 Å². The number of nitrogens with zero attached hydrogens (tertiary/aromatic N) is 1. The minimum Gasteiger partial charge on any atom is -0.300 e. The average molecular weight is 229 g/mol. The van der Waals surface area contributed by atoms with Gasteiger partial charge in [-0.1, -0.05) is 0 Å². The minimum atomic E-state index is -0.577. The Hall–Kier alpha value is -0.220. The van der Waals surface area contributed by atoms with E-state index in [0.717, 1.165) is 30.9 Å². The summed E-state index contributed by atoms with van der Waals surface area (Å²) in [5.74, 6) is 2.10. The molecule has 0 aromatic carbocycles. The molecule has 86 valence electrons. The molecule has 0 bridgehead atoms. The van der Waals surface area contributed by atoms with E-state index in [4.69, 9.17) is 0 Å². The molecule has 2 aliphatic rings. The lowest BCUT2D eigenvalue weighted by Crippen LogP contribution is -2.49. The van der Waals surface area contributed by atoms with Crippen LogP contribution in [-0.4, -0.2) is 45.0 Å². The van der Waals surface area contributed by atoms with Crippen LogP contribution in [0, 0.1) is 0 Å². The molecule has 0 aromatic rings. The van der Waals surface area contributed by atoms with E-state index in [1.807, 2.05) is 0 Å². The number of ketones is 1. The quantitative estimate of drug-likeness (QED) is 0.672. The predicted molar refractivity (Wildman–Crippen MR) is 61.3 cm³/mol. The van der Waals surface area contributed by atoms with E-state index in [1.165, 1.54) is 0 Å². The maximum Gasteiger partial charge on any atom is 0.135 e. The van der Waals surface area contributed by atoms with Crippen LogP contribution in [0.5, 0.6) is 0 Å². The number of hydrogen-bond donors (Lipinski definition) is 0. The van der Waals surface area contributed by atoms with Gasteiger partial charge in [0.1, 0.15) is 5.78 Å². The van der Waals surface area contributed by atoms with Gasteiger partial charge in [0.2, 0.25) is 0 Å². The van der Waals surface area contributed by atoms with E-state index in [1.54, 1.807) is 0 Å². The molecule has 1 unspecified atom stereocenters. The SMILES string of the molecule is CC1CC(=O)CCN1C1CCS(=O)CC1. The Morgan fingerprint density at radius 2 is 2.00 bits per heavy atom. The highest BCUT2D eigenvalue weighted by Gasteiger charge is 2.31. The Labute approximate surface area is 93.7 Å². The molecule has 2 aliphatic heterocycles. The molecule has 4 heteroatoms. The van der Waals surface area contributed by atoms with Gasteiger partial charge in [-0.3, -0.25) is 13.9 Å². The van der Waals surface area contributed by atoms with Crippen molar-refractivity contribution in [2.75, 3.05) is 18.1 Å². The zero-order valence-corrected chi connectivity index (χ0v) is 10.1. The molecular formula is C11H19NO2S. The predicted octanol–water partition coefficient (Wildman–Crippen LogP) is 0.951. The third-order valence-electron chi connectivity index (χ3n) is 3.56. The van der Waals surface area contributed by atoms with Crippen molar-refractivity contribution in [3.8, 4) is 0 Å². The summed E-state index contributed by atoms with van der Waals surface area (Å²) < 4.78 is 11.3. The molecule has 0 aliphatic carbocycles. The van der Waals surface area contributed by atoms with Crippen molar-refractivity contribution < 1.29 is 9.00 Å². The number of hydrogen-bond acceptors (Lipinski definition) is 3. The molecule has 0 radical (unpaired) electrons. The summed E-state index contributed by atoms with van der Waals surface area (Å²) in [5, 5.41) is 0. The summed E-state index contributed by atoms with van der Waals surface area (Å²) in [4.78, 5) is 13.7. The van der Waals surface area contributed by atoms with Crippen molar-refractivity contribution in [2.45, 2.75) is 44.7 Å². The van der Waals surface area contributed by atoms with Crippen molar-refractivity contribution in [1.82, 2.24) is 4.90 Å². The topological polar surface area (TPSA) is 37.4 Å². The standard InChI is InChI=1S/C11H19NO2S/c1-9-8-11(13)2-5-12(9)10-3-6-15(14)7-4-10/h9-10H,2-8H2,1H3. The zero-order valence-electron chi connectivity index (χ0n) is 9.28. The highest BCUT2D eigenvalue weighted by atomic mass is 32.2. The van der Waals surface area contributed by atoms with Gasteiger partial charge in [0.15, 0.2) is 0 Å². The Balaban J connectivity index is 1.92. The number of likely N-dealkylation sites (tertiary alicyclic amines) is 1. The molecule has 1 atom stereocenters. The van der Waals surface area contributed by atoms with Crippen molar-refractivity contribution in [3.63, 3.8) is 0 Å². The van der Waals surface area contributed by atoms with Crippen molar-refractivity contribution in [2.24, 2.45) is 0 Å². The second-order valence-corrected chi connectivity index (χ2v) is 6.36. The molecule has 15 heavy (non-hydrogen) atoms. The fraction of sp³-hybridized carbons (Fsp3) is 0.909. The Kier molecular flexibility index (Phi) is 3.57. The van der Waals surface area contributed by atoms with Gasteiger partial charge in [-0.15, -0.1) is 0 Å². The molecule has 0 spiro atoms. The van der Waals surface area contributed by atoms with Crippen LogP contribution in [0.15, 0.2) is 0 Å². The van der Waals surface area contributed by atoms with Gasteiger partial charge < -0.3 is 0 Å². The summed E-state index contributed by atoms with van der Waals surface area (Å²) >= 11 is 0. The summed E-state index contributed by atoms with van der Waals surface area (Å²) in [6.07, 6.45) is 3.51. The van der Waals surface area contributed by atoms with E-state index in [-0.39, 0.29) is 0 Å². The second kappa shape index (κ2) is 4.74. The molecule has 2 saturated heterocycles. The first kappa shape index (κ1) is 11.3. The van der Waals surface area contributed by atoms with Crippen LogP contribution >= 0.6 is 0 Å². The van der Waals surface area contributed by atoms with Crippen LogP contribution < -0.4 is 0 Å². The highest BCUT2D eigenvalue weighted by Crippen LogP contribution is 2.23. The Morgan fingerprint density at radius 3 is 2.60 bits per heavy atom. The van der Waals surface area contributed by atoms with Gasteiger partial charge >= 0.3 is 0 Å². The van der Waals surface area contributed by atoms with Crippen molar-refractivity contribution in [3.05, 3.63) is 0 Å². The van der Waals surface area contributed by atoms with Crippen LogP contribution in [0.25, 0.3) is 0 Å². The average Bonchev–Trinajstić information content (AvgIpc) is 2.20. The Morgan fingerprint density at radius 1 is 1.33 bits per heavy atom. The van der Waals surface area contributed by atoms with Crippen molar-refractivity contribution >= 4 is 16.6 Å². The van der Waals surface area contributed by atoms with Gasteiger partial charge in [0.05, 0.1) is 0 Å². The summed E-state index contributed by atoms with van der Waals surface area (Å²) in [6, 6.07) is 0.966. The minimum absolute atomic E-state index is 0.391. The molecule has 2 rings (SSSR count). The molecule has 0 aromatic heterocycles. The van der Waals surface area contributed by atoms with Gasteiger partial charge in [-0.25, -0.2) is 0 Å². The van der Waals surface area contributed by atoms with E-state index in [2.05, 4.69) is 11.8 Å². The second-order valence-electron chi connectivity index (χ2n) is 4.66. The Bertz CT molecular complexity index is 270. The van der Waals surface area contributed by atoms with E-state index in [0.29, 0.717) is 30.7 Å². The largest absolute Gasteiger partial charge is 0.300 e. The summed E-state index contributed by atoms with van der Waals surface area (Å²) in [7, 11) is -0.577. The van der Waals surface area contributed by atoms with Crippen LogP contribution in [-0.2, 0) is 15.6 Å². The number of carbonyl (C=O) groups excluding carboxylic acids is 1. The zero-order chi connectivity index (χ0) is 10.8. The maximum atomic E-state index is 11.3. The third-order valence-corrected chi connectivity index (χ3v) is 4.95. The molecule has 0 amide bonds. The molecule has 2 heterocycles. The number of Topliss-reactive ketones (excluding diaryl/α,β-unsaturated/α-hetero) is 1. The van der Waals surface area contributed by atoms with E-state index >= 15 is 0 Å². The third kappa shape index (κ3) is 2.67.